The molecule has 4 N–H and O–H groups in total. The van der Waals surface area contributed by atoms with Crippen LogP contribution in [-0.2, 0) is 4.79 Å². The Morgan fingerprint density at radius 3 is 1.05 bits per heavy atom. The van der Waals surface area contributed by atoms with Crippen LogP contribution in [-0.4, -0.2) is 46.1 Å². The summed E-state index contributed by atoms with van der Waals surface area (Å²) in [6.45, 7) is 4.28. The zero-order valence-electron chi connectivity index (χ0n) is 40.6. The van der Waals surface area contributed by atoms with Crippen LogP contribution in [0.2, 0.25) is 0 Å². The van der Waals surface area contributed by atoms with E-state index in [2.05, 4.69) is 43.5 Å². The van der Waals surface area contributed by atoms with E-state index in [-0.39, 0.29) is 18.9 Å². The van der Waals surface area contributed by atoms with Crippen molar-refractivity contribution in [3.05, 3.63) is 24.3 Å². The Morgan fingerprint density at radius 1 is 0.417 bits per heavy atom. The number of carbonyl (C=O) groups is 1. The lowest BCUT2D eigenvalue weighted by Gasteiger charge is -2.23. The molecule has 3 unspecified atom stereocenters. The second-order valence-electron chi connectivity index (χ2n) is 18.8. The lowest BCUT2D eigenvalue weighted by molar-refractivity contribution is -0.125. The van der Waals surface area contributed by atoms with Crippen LogP contribution in [0.15, 0.2) is 24.3 Å². The molecule has 356 valence electrons. The van der Waals surface area contributed by atoms with Crippen molar-refractivity contribution in [3.8, 4) is 0 Å². The Balaban J connectivity index is 3.50. The van der Waals surface area contributed by atoms with Crippen molar-refractivity contribution < 1.29 is 20.1 Å². The minimum atomic E-state index is -0.747. The molecule has 1 amide bonds. The number of nitrogens with one attached hydrogen (secondary N) is 1. The maximum Gasteiger partial charge on any atom is 0.222 e. The number of amides is 1. The predicted octanol–water partition coefficient (Wildman–Crippen LogP) is 16.5. The highest BCUT2D eigenvalue weighted by molar-refractivity contribution is 5.76. The third kappa shape index (κ3) is 46.3. The van der Waals surface area contributed by atoms with Gasteiger partial charge < -0.3 is 20.6 Å². The van der Waals surface area contributed by atoms with Gasteiger partial charge in [0.15, 0.2) is 0 Å². The normalized spacial score (nSPS) is 13.5. The molecule has 0 saturated heterocycles. The maximum atomic E-state index is 12.5. The van der Waals surface area contributed by atoms with Gasteiger partial charge in [-0.2, -0.15) is 0 Å². The van der Waals surface area contributed by atoms with Gasteiger partial charge in [0.05, 0.1) is 31.3 Å². The standard InChI is InChI=1S/C55H107NO4/c1-3-5-7-9-11-13-15-17-19-20-21-22-23-24-25-26-27-28-29-30-31-32-33-34-35-36-38-40-42-44-46-48-52(58)50-55(60)56-53(51-57)54(59)49-47-45-43-41-39-37-18-16-14-12-10-8-6-4-2/h21-22,24-25,52-54,57-59H,3-20,23,26-51H2,1-2H3,(H,56,60)/b22-21-,25-24-. The van der Waals surface area contributed by atoms with Crippen LogP contribution in [0.25, 0.3) is 0 Å². The van der Waals surface area contributed by atoms with Gasteiger partial charge in [0.25, 0.3) is 0 Å². The summed E-state index contributed by atoms with van der Waals surface area (Å²) < 4.78 is 0. The first-order valence-electron chi connectivity index (χ1n) is 27.1. The van der Waals surface area contributed by atoms with Crippen molar-refractivity contribution in [2.45, 2.75) is 315 Å². The van der Waals surface area contributed by atoms with Gasteiger partial charge in [-0.05, 0) is 44.9 Å². The molecule has 60 heavy (non-hydrogen) atoms. The van der Waals surface area contributed by atoms with E-state index in [1.807, 2.05) is 0 Å². The van der Waals surface area contributed by atoms with Gasteiger partial charge in [-0.1, -0.05) is 269 Å². The van der Waals surface area contributed by atoms with E-state index in [1.165, 1.54) is 231 Å². The van der Waals surface area contributed by atoms with Gasteiger partial charge in [0.1, 0.15) is 0 Å². The fourth-order valence-electron chi connectivity index (χ4n) is 8.61. The Hall–Kier alpha value is -1.17. The quantitative estimate of drug-likeness (QED) is 0.0363. The number of allylic oxidation sites excluding steroid dienone is 4. The fourth-order valence-corrected chi connectivity index (χ4v) is 8.61. The maximum absolute atomic E-state index is 12.5. The van der Waals surface area contributed by atoms with Gasteiger partial charge >= 0.3 is 0 Å². The number of rotatable bonds is 50. The highest BCUT2D eigenvalue weighted by Gasteiger charge is 2.21. The van der Waals surface area contributed by atoms with Gasteiger partial charge in [-0.3, -0.25) is 4.79 Å². The van der Waals surface area contributed by atoms with E-state index in [4.69, 9.17) is 0 Å². The molecule has 0 bridgehead atoms. The molecule has 0 aliphatic carbocycles. The highest BCUT2D eigenvalue weighted by atomic mass is 16.3. The van der Waals surface area contributed by atoms with Crippen LogP contribution in [0.5, 0.6) is 0 Å². The van der Waals surface area contributed by atoms with Gasteiger partial charge in [-0.15, -0.1) is 0 Å². The molecule has 0 heterocycles. The molecule has 3 atom stereocenters. The van der Waals surface area contributed by atoms with Crippen molar-refractivity contribution in [2.75, 3.05) is 6.61 Å². The van der Waals surface area contributed by atoms with E-state index < -0.39 is 18.2 Å². The van der Waals surface area contributed by atoms with Crippen molar-refractivity contribution in [1.29, 1.82) is 0 Å². The van der Waals surface area contributed by atoms with Crippen LogP contribution in [0.3, 0.4) is 0 Å². The highest BCUT2D eigenvalue weighted by Crippen LogP contribution is 2.17. The molecule has 0 rings (SSSR count). The van der Waals surface area contributed by atoms with Crippen LogP contribution in [0.1, 0.15) is 296 Å². The first-order chi connectivity index (χ1) is 29.5. The number of unbranched alkanes of at least 4 members (excludes halogenated alkanes) is 37. The van der Waals surface area contributed by atoms with Crippen molar-refractivity contribution >= 4 is 5.91 Å². The molecule has 0 aromatic rings. The fraction of sp³-hybridized carbons (Fsp3) is 0.909. The summed E-state index contributed by atoms with van der Waals surface area (Å²) in [6, 6.07) is -0.656. The van der Waals surface area contributed by atoms with E-state index in [0.29, 0.717) is 12.8 Å². The molecule has 5 nitrogen and oxygen atoms in total. The van der Waals surface area contributed by atoms with Crippen LogP contribution >= 0.6 is 0 Å². The molecule has 0 fully saturated rings. The number of aliphatic hydroxyl groups excluding tert-OH is 3. The van der Waals surface area contributed by atoms with Crippen molar-refractivity contribution in [2.24, 2.45) is 0 Å². The SMILES string of the molecule is CCCCCCCCCCC/C=C\C/C=C\CCCCCCCCCCCCCCCCCC(O)CC(=O)NC(CO)C(O)CCCCCCCCCCCCCCCC. The molecule has 0 aromatic carbocycles. The summed E-state index contributed by atoms with van der Waals surface area (Å²) in [5, 5.41) is 33.5. The minimum Gasteiger partial charge on any atom is -0.394 e. The third-order valence-electron chi connectivity index (χ3n) is 12.8. The smallest absolute Gasteiger partial charge is 0.222 e. The Kier molecular flexibility index (Phi) is 49.5. The van der Waals surface area contributed by atoms with E-state index in [0.717, 1.165) is 32.1 Å². The number of carbonyl (C=O) groups excluding carboxylic acids is 1. The number of hydrogen-bond donors (Lipinski definition) is 4. The molecule has 0 aliphatic rings. The van der Waals surface area contributed by atoms with Crippen LogP contribution in [0, 0.1) is 0 Å². The second-order valence-corrected chi connectivity index (χ2v) is 18.8. The minimum absolute atomic E-state index is 0.0391. The monoisotopic (exact) mass is 846 g/mol. The van der Waals surface area contributed by atoms with Gasteiger partial charge in [-0.25, -0.2) is 0 Å². The van der Waals surface area contributed by atoms with Crippen LogP contribution < -0.4 is 5.32 Å². The van der Waals surface area contributed by atoms with Crippen molar-refractivity contribution in [3.63, 3.8) is 0 Å². The molecule has 0 aliphatic heterocycles. The first-order valence-corrected chi connectivity index (χ1v) is 27.1. The lowest BCUT2D eigenvalue weighted by atomic mass is 10.0. The Bertz CT molecular complexity index is 890. The molecule has 0 spiro atoms. The Morgan fingerprint density at radius 2 is 0.717 bits per heavy atom. The Labute approximate surface area is 375 Å². The zero-order chi connectivity index (χ0) is 43.7. The average molecular weight is 846 g/mol. The molecular weight excluding hydrogens is 739 g/mol. The number of aliphatic hydroxyl groups is 3. The van der Waals surface area contributed by atoms with Gasteiger partial charge in [0.2, 0.25) is 5.91 Å². The first kappa shape index (κ1) is 58.8. The van der Waals surface area contributed by atoms with Crippen molar-refractivity contribution in [1.82, 2.24) is 5.32 Å². The summed E-state index contributed by atoms with van der Waals surface area (Å²) in [5.41, 5.74) is 0. The topological polar surface area (TPSA) is 89.8 Å². The third-order valence-corrected chi connectivity index (χ3v) is 12.8. The van der Waals surface area contributed by atoms with Gasteiger partial charge in [0, 0.05) is 0 Å². The summed E-state index contributed by atoms with van der Waals surface area (Å²) >= 11 is 0. The lowest BCUT2D eigenvalue weighted by Crippen LogP contribution is -2.46. The van der Waals surface area contributed by atoms with E-state index in [9.17, 15) is 20.1 Å². The summed E-state index contributed by atoms with van der Waals surface area (Å²) in [7, 11) is 0. The predicted molar refractivity (Wildman–Crippen MR) is 264 cm³/mol. The second kappa shape index (κ2) is 50.5. The van der Waals surface area contributed by atoms with Crippen LogP contribution in [0.4, 0.5) is 0 Å². The summed E-state index contributed by atoms with van der Waals surface area (Å²) in [6.07, 6.45) is 63.3. The molecule has 0 saturated carbocycles. The largest absolute Gasteiger partial charge is 0.394 e. The average Bonchev–Trinajstić information content (AvgIpc) is 3.24. The molecule has 0 radical (unpaired) electrons. The molecular formula is C55H107NO4. The van der Waals surface area contributed by atoms with E-state index >= 15 is 0 Å². The summed E-state index contributed by atoms with van der Waals surface area (Å²) in [4.78, 5) is 12.5. The zero-order valence-corrected chi connectivity index (χ0v) is 40.6. The summed E-state index contributed by atoms with van der Waals surface area (Å²) in [5.74, 6) is -0.279. The molecule has 0 aromatic heterocycles. The van der Waals surface area contributed by atoms with E-state index in [1.54, 1.807) is 0 Å². The molecule has 5 heteroatoms. The number of hydrogen-bond acceptors (Lipinski definition) is 4.